The highest BCUT2D eigenvalue weighted by Gasteiger charge is 2.23. The van der Waals surface area contributed by atoms with Crippen LogP contribution in [0.2, 0.25) is 0 Å². The molecule has 1 aromatic rings. The lowest BCUT2D eigenvalue weighted by atomic mass is 10.3. The third-order valence-electron chi connectivity index (χ3n) is 1.71. The lowest BCUT2D eigenvalue weighted by Crippen LogP contribution is -2.12. The Balaban J connectivity index is 1.94. The predicted molar refractivity (Wildman–Crippen MR) is 44.6 cm³/mol. The van der Waals surface area contributed by atoms with Gasteiger partial charge in [-0.05, 0) is 11.4 Å². The normalized spacial score (nSPS) is 15.1. The Labute approximate surface area is 69.4 Å². The molecular formula is C8H9NOS. The lowest BCUT2D eigenvalue weighted by Gasteiger charge is -1.97. The zero-order chi connectivity index (χ0) is 7.68. The van der Waals surface area contributed by atoms with Crippen molar-refractivity contribution in [2.45, 2.75) is 6.42 Å². The number of carbonyl (C=O) groups excluding carboxylic acids is 1. The van der Waals surface area contributed by atoms with Crippen molar-refractivity contribution in [1.29, 1.82) is 0 Å². The Kier molecular flexibility index (Phi) is 1.66. The summed E-state index contributed by atoms with van der Waals surface area (Å²) in [5, 5.41) is 2.00. The fourth-order valence-corrected chi connectivity index (χ4v) is 1.67. The molecule has 0 N–H and O–H groups in total. The van der Waals surface area contributed by atoms with Gasteiger partial charge >= 0.3 is 0 Å². The Bertz CT molecular complexity index is 251. The molecule has 58 valence electrons. The Morgan fingerprint density at radius 1 is 1.64 bits per heavy atom. The number of amides is 1. The molecule has 1 amide bonds. The maximum atomic E-state index is 11.2. The van der Waals surface area contributed by atoms with Gasteiger partial charge in [-0.1, -0.05) is 6.07 Å². The average Bonchev–Trinajstić information content (AvgIpc) is 2.73. The standard InChI is InChI=1S/C8H9NOS/c10-8(9-3-4-9)6-7-2-1-5-11-7/h1-2,5H,3-4,6H2. The minimum atomic E-state index is 0.271. The monoisotopic (exact) mass is 167 g/mol. The SMILES string of the molecule is O=C(Cc1cccs1)N1CC1. The lowest BCUT2D eigenvalue weighted by molar-refractivity contribution is -0.124. The number of carbonyl (C=O) groups is 1. The molecule has 0 radical (unpaired) electrons. The van der Waals surface area contributed by atoms with Crippen molar-refractivity contribution in [2.75, 3.05) is 13.1 Å². The molecule has 0 bridgehead atoms. The summed E-state index contributed by atoms with van der Waals surface area (Å²) in [6, 6.07) is 3.99. The second-order valence-electron chi connectivity index (χ2n) is 2.64. The first-order chi connectivity index (χ1) is 5.36. The van der Waals surface area contributed by atoms with E-state index in [1.807, 2.05) is 22.4 Å². The molecule has 0 saturated carbocycles. The van der Waals surface area contributed by atoms with E-state index < -0.39 is 0 Å². The second-order valence-corrected chi connectivity index (χ2v) is 3.67. The van der Waals surface area contributed by atoms with Crippen LogP contribution < -0.4 is 0 Å². The summed E-state index contributed by atoms with van der Waals surface area (Å²) >= 11 is 1.65. The van der Waals surface area contributed by atoms with Gasteiger partial charge in [0.2, 0.25) is 5.91 Å². The maximum absolute atomic E-state index is 11.2. The van der Waals surface area contributed by atoms with Crippen molar-refractivity contribution in [1.82, 2.24) is 4.90 Å². The summed E-state index contributed by atoms with van der Waals surface area (Å²) < 4.78 is 0. The van der Waals surface area contributed by atoms with Crippen LogP contribution in [0.4, 0.5) is 0 Å². The van der Waals surface area contributed by atoms with E-state index in [4.69, 9.17) is 0 Å². The van der Waals surface area contributed by atoms with Gasteiger partial charge in [0.05, 0.1) is 6.42 Å². The number of hydrogen-bond donors (Lipinski definition) is 0. The minimum absolute atomic E-state index is 0.271. The first kappa shape index (κ1) is 6.85. The van der Waals surface area contributed by atoms with E-state index in [0.717, 1.165) is 13.1 Å². The fourth-order valence-electron chi connectivity index (χ4n) is 0.973. The van der Waals surface area contributed by atoms with Crippen molar-refractivity contribution in [2.24, 2.45) is 0 Å². The highest BCUT2D eigenvalue weighted by Crippen LogP contribution is 2.13. The second kappa shape index (κ2) is 2.66. The van der Waals surface area contributed by atoms with Gasteiger partial charge in [0.25, 0.3) is 0 Å². The molecule has 1 aliphatic rings. The molecule has 2 rings (SSSR count). The van der Waals surface area contributed by atoms with Crippen LogP contribution >= 0.6 is 11.3 Å². The molecule has 0 spiro atoms. The van der Waals surface area contributed by atoms with Crippen molar-refractivity contribution in [3.8, 4) is 0 Å². The van der Waals surface area contributed by atoms with Gasteiger partial charge in [-0.2, -0.15) is 0 Å². The minimum Gasteiger partial charge on any atom is -0.339 e. The van der Waals surface area contributed by atoms with Gasteiger partial charge in [-0.15, -0.1) is 11.3 Å². The quantitative estimate of drug-likeness (QED) is 0.605. The molecular weight excluding hydrogens is 158 g/mol. The summed E-state index contributed by atoms with van der Waals surface area (Å²) in [5.41, 5.74) is 0. The summed E-state index contributed by atoms with van der Waals surface area (Å²) in [7, 11) is 0. The van der Waals surface area contributed by atoms with Gasteiger partial charge in [0.15, 0.2) is 0 Å². The molecule has 0 aliphatic carbocycles. The van der Waals surface area contributed by atoms with Crippen LogP contribution in [0.5, 0.6) is 0 Å². The molecule has 0 unspecified atom stereocenters. The molecule has 0 aromatic carbocycles. The van der Waals surface area contributed by atoms with Crippen molar-refractivity contribution in [3.63, 3.8) is 0 Å². The van der Waals surface area contributed by atoms with Crippen LogP contribution in [-0.2, 0) is 11.2 Å². The number of hydrogen-bond acceptors (Lipinski definition) is 2. The fraction of sp³-hybridized carbons (Fsp3) is 0.375. The predicted octanol–water partition coefficient (Wildman–Crippen LogP) is 1.13. The smallest absolute Gasteiger partial charge is 0.227 e. The number of thiophene rings is 1. The Hall–Kier alpha value is -0.830. The highest BCUT2D eigenvalue weighted by atomic mass is 32.1. The zero-order valence-corrected chi connectivity index (χ0v) is 6.93. The first-order valence-corrected chi connectivity index (χ1v) is 4.54. The van der Waals surface area contributed by atoms with E-state index in [2.05, 4.69) is 0 Å². The van der Waals surface area contributed by atoms with Crippen LogP contribution in [0.15, 0.2) is 17.5 Å². The molecule has 3 heteroatoms. The first-order valence-electron chi connectivity index (χ1n) is 3.66. The largest absolute Gasteiger partial charge is 0.339 e. The van der Waals surface area contributed by atoms with Crippen LogP contribution in [0, 0.1) is 0 Å². The average molecular weight is 167 g/mol. The van der Waals surface area contributed by atoms with Crippen molar-refractivity contribution in [3.05, 3.63) is 22.4 Å². The number of rotatable bonds is 2. The van der Waals surface area contributed by atoms with Crippen molar-refractivity contribution < 1.29 is 4.79 Å². The van der Waals surface area contributed by atoms with E-state index in [1.54, 1.807) is 11.3 Å². The topological polar surface area (TPSA) is 20.1 Å². The zero-order valence-electron chi connectivity index (χ0n) is 6.12. The van der Waals surface area contributed by atoms with E-state index in [-0.39, 0.29) is 5.91 Å². The van der Waals surface area contributed by atoms with Crippen LogP contribution in [0.1, 0.15) is 4.88 Å². The molecule has 2 heterocycles. The van der Waals surface area contributed by atoms with Crippen LogP contribution in [0.25, 0.3) is 0 Å². The summed E-state index contributed by atoms with van der Waals surface area (Å²) in [5.74, 6) is 0.271. The summed E-state index contributed by atoms with van der Waals surface area (Å²) in [6.45, 7) is 1.93. The summed E-state index contributed by atoms with van der Waals surface area (Å²) in [4.78, 5) is 14.2. The van der Waals surface area contributed by atoms with Gasteiger partial charge < -0.3 is 4.90 Å². The van der Waals surface area contributed by atoms with Crippen LogP contribution in [-0.4, -0.2) is 23.9 Å². The van der Waals surface area contributed by atoms with E-state index in [1.165, 1.54) is 4.88 Å². The molecule has 1 saturated heterocycles. The van der Waals surface area contributed by atoms with Gasteiger partial charge in [-0.3, -0.25) is 4.79 Å². The van der Waals surface area contributed by atoms with Crippen LogP contribution in [0.3, 0.4) is 0 Å². The molecule has 2 nitrogen and oxygen atoms in total. The molecule has 11 heavy (non-hydrogen) atoms. The van der Waals surface area contributed by atoms with E-state index in [9.17, 15) is 4.79 Å². The van der Waals surface area contributed by atoms with E-state index in [0.29, 0.717) is 6.42 Å². The number of nitrogens with zero attached hydrogens (tertiary/aromatic N) is 1. The van der Waals surface area contributed by atoms with Gasteiger partial charge in [-0.25, -0.2) is 0 Å². The Morgan fingerprint density at radius 3 is 3.00 bits per heavy atom. The third kappa shape index (κ3) is 1.60. The molecule has 0 atom stereocenters. The van der Waals surface area contributed by atoms with Gasteiger partial charge in [0.1, 0.15) is 0 Å². The van der Waals surface area contributed by atoms with Crippen molar-refractivity contribution >= 4 is 17.2 Å². The molecule has 1 aromatic heterocycles. The van der Waals surface area contributed by atoms with Gasteiger partial charge in [0, 0.05) is 18.0 Å². The third-order valence-corrected chi connectivity index (χ3v) is 2.58. The highest BCUT2D eigenvalue weighted by molar-refractivity contribution is 7.10. The summed E-state index contributed by atoms with van der Waals surface area (Å²) in [6.07, 6.45) is 0.595. The molecule has 1 aliphatic heterocycles. The maximum Gasteiger partial charge on any atom is 0.227 e. The Morgan fingerprint density at radius 2 is 2.45 bits per heavy atom. The van der Waals surface area contributed by atoms with E-state index >= 15 is 0 Å². The molecule has 1 fully saturated rings.